The molecule has 1 heterocycles. The number of hydrogen-bond acceptors (Lipinski definition) is 3. The molecule has 0 aliphatic rings. The number of amides is 1. The summed E-state index contributed by atoms with van der Waals surface area (Å²) in [4.78, 5) is 16.1. The number of aryl methyl sites for hydroxylation is 1. The highest BCUT2D eigenvalue weighted by Crippen LogP contribution is 2.25. The molecule has 0 unspecified atom stereocenters. The van der Waals surface area contributed by atoms with E-state index in [1.807, 2.05) is 26.0 Å². The molecule has 0 spiro atoms. The molecule has 2 aromatic rings. The van der Waals surface area contributed by atoms with E-state index in [4.69, 9.17) is 5.73 Å². The SMILES string of the molecule is Cc1ccc(N)c(C)c1NC(=O)c1cncc(Br)c1. The third-order valence-corrected chi connectivity index (χ3v) is 3.35. The second kappa shape index (κ2) is 5.40. The van der Waals surface area contributed by atoms with Crippen molar-refractivity contribution in [3.63, 3.8) is 0 Å². The van der Waals surface area contributed by atoms with Crippen LogP contribution in [0.4, 0.5) is 11.4 Å². The lowest BCUT2D eigenvalue weighted by molar-refractivity contribution is 0.102. The van der Waals surface area contributed by atoms with Gasteiger partial charge in [0.15, 0.2) is 0 Å². The van der Waals surface area contributed by atoms with E-state index in [0.29, 0.717) is 11.3 Å². The maximum Gasteiger partial charge on any atom is 0.257 e. The summed E-state index contributed by atoms with van der Waals surface area (Å²) >= 11 is 3.29. The predicted octanol–water partition coefficient (Wildman–Crippen LogP) is 3.30. The van der Waals surface area contributed by atoms with Crippen LogP contribution in [0.3, 0.4) is 0 Å². The summed E-state index contributed by atoms with van der Waals surface area (Å²) in [5.74, 6) is -0.203. The molecule has 0 aliphatic carbocycles. The van der Waals surface area contributed by atoms with E-state index in [9.17, 15) is 4.79 Å². The van der Waals surface area contributed by atoms with Crippen LogP contribution in [-0.2, 0) is 0 Å². The number of anilines is 2. The Bertz CT molecular complexity index is 641. The van der Waals surface area contributed by atoms with E-state index >= 15 is 0 Å². The Kier molecular flexibility index (Phi) is 3.85. The standard InChI is InChI=1S/C14H14BrN3O/c1-8-3-4-12(16)9(2)13(8)18-14(19)10-5-11(15)7-17-6-10/h3-7H,16H2,1-2H3,(H,18,19). The first-order valence-electron chi connectivity index (χ1n) is 5.76. The van der Waals surface area contributed by atoms with Crippen LogP contribution >= 0.6 is 15.9 Å². The molecule has 0 atom stereocenters. The zero-order chi connectivity index (χ0) is 14.0. The highest BCUT2D eigenvalue weighted by molar-refractivity contribution is 9.10. The van der Waals surface area contributed by atoms with Gasteiger partial charge in [0.25, 0.3) is 5.91 Å². The van der Waals surface area contributed by atoms with Crippen LogP contribution in [0.15, 0.2) is 35.1 Å². The third-order valence-electron chi connectivity index (χ3n) is 2.92. The summed E-state index contributed by atoms with van der Waals surface area (Å²) in [5, 5.41) is 2.88. The lowest BCUT2D eigenvalue weighted by atomic mass is 10.1. The minimum Gasteiger partial charge on any atom is -0.398 e. The van der Waals surface area contributed by atoms with Crippen molar-refractivity contribution in [2.24, 2.45) is 0 Å². The van der Waals surface area contributed by atoms with Crippen molar-refractivity contribution in [3.8, 4) is 0 Å². The van der Waals surface area contributed by atoms with Gasteiger partial charge in [-0.2, -0.15) is 0 Å². The Morgan fingerprint density at radius 3 is 2.74 bits per heavy atom. The number of carbonyl (C=O) groups is 1. The molecule has 19 heavy (non-hydrogen) atoms. The quantitative estimate of drug-likeness (QED) is 0.834. The Morgan fingerprint density at radius 1 is 1.32 bits per heavy atom. The number of hydrogen-bond donors (Lipinski definition) is 2. The third kappa shape index (κ3) is 2.93. The number of halogens is 1. The maximum atomic E-state index is 12.2. The Morgan fingerprint density at radius 2 is 2.05 bits per heavy atom. The van der Waals surface area contributed by atoms with Gasteiger partial charge in [0, 0.05) is 28.2 Å². The molecule has 5 heteroatoms. The summed E-state index contributed by atoms with van der Waals surface area (Å²) < 4.78 is 0.765. The van der Waals surface area contributed by atoms with Crippen molar-refractivity contribution in [1.29, 1.82) is 0 Å². The van der Waals surface area contributed by atoms with Crippen LogP contribution in [0.25, 0.3) is 0 Å². The number of nitrogens with two attached hydrogens (primary N) is 1. The molecule has 0 bridgehead atoms. The van der Waals surface area contributed by atoms with E-state index in [1.54, 1.807) is 12.3 Å². The fraction of sp³-hybridized carbons (Fsp3) is 0.143. The fourth-order valence-electron chi connectivity index (χ4n) is 1.78. The van der Waals surface area contributed by atoms with Crippen LogP contribution in [0.2, 0.25) is 0 Å². The molecule has 0 saturated carbocycles. The monoisotopic (exact) mass is 319 g/mol. The van der Waals surface area contributed by atoms with Crippen molar-refractivity contribution >= 4 is 33.2 Å². The summed E-state index contributed by atoms with van der Waals surface area (Å²) in [6.07, 6.45) is 3.16. The average molecular weight is 320 g/mol. The van der Waals surface area contributed by atoms with Crippen LogP contribution in [0.1, 0.15) is 21.5 Å². The number of nitrogens with zero attached hydrogens (tertiary/aromatic N) is 1. The summed E-state index contributed by atoms with van der Waals surface area (Å²) in [5.41, 5.74) is 9.61. The largest absolute Gasteiger partial charge is 0.398 e. The van der Waals surface area contributed by atoms with Crippen molar-refractivity contribution in [3.05, 3.63) is 51.8 Å². The van der Waals surface area contributed by atoms with E-state index in [1.165, 1.54) is 6.20 Å². The minimum atomic E-state index is -0.203. The van der Waals surface area contributed by atoms with Gasteiger partial charge in [-0.15, -0.1) is 0 Å². The first kappa shape index (κ1) is 13.5. The Balaban J connectivity index is 2.32. The van der Waals surface area contributed by atoms with Crippen molar-refractivity contribution in [2.75, 3.05) is 11.1 Å². The second-order valence-electron chi connectivity index (χ2n) is 4.32. The van der Waals surface area contributed by atoms with Gasteiger partial charge >= 0.3 is 0 Å². The van der Waals surface area contributed by atoms with Crippen LogP contribution in [0, 0.1) is 13.8 Å². The van der Waals surface area contributed by atoms with Gasteiger partial charge in [-0.3, -0.25) is 9.78 Å². The lowest BCUT2D eigenvalue weighted by Gasteiger charge is -2.13. The van der Waals surface area contributed by atoms with E-state index in [0.717, 1.165) is 21.3 Å². The Hall–Kier alpha value is -1.88. The second-order valence-corrected chi connectivity index (χ2v) is 5.23. The van der Waals surface area contributed by atoms with Gasteiger partial charge in [-0.1, -0.05) is 6.07 Å². The fourth-order valence-corrected chi connectivity index (χ4v) is 2.14. The van der Waals surface area contributed by atoms with E-state index in [2.05, 4.69) is 26.2 Å². The molecule has 0 radical (unpaired) electrons. The molecular weight excluding hydrogens is 306 g/mol. The summed E-state index contributed by atoms with van der Waals surface area (Å²) in [6.45, 7) is 3.82. The molecule has 1 aromatic heterocycles. The number of rotatable bonds is 2. The number of pyridine rings is 1. The molecule has 1 aromatic carbocycles. The number of benzene rings is 1. The first-order chi connectivity index (χ1) is 8.99. The van der Waals surface area contributed by atoms with Crippen LogP contribution in [0.5, 0.6) is 0 Å². The number of carbonyl (C=O) groups excluding carboxylic acids is 1. The number of nitrogen functional groups attached to an aromatic ring is 1. The first-order valence-corrected chi connectivity index (χ1v) is 6.56. The molecule has 2 rings (SSSR count). The van der Waals surface area contributed by atoms with Gasteiger partial charge in [0.1, 0.15) is 0 Å². The van der Waals surface area contributed by atoms with Crippen LogP contribution < -0.4 is 11.1 Å². The van der Waals surface area contributed by atoms with Crippen molar-refractivity contribution in [2.45, 2.75) is 13.8 Å². The topological polar surface area (TPSA) is 68.0 Å². The van der Waals surface area contributed by atoms with Gasteiger partial charge in [0.05, 0.1) is 5.56 Å². The highest BCUT2D eigenvalue weighted by Gasteiger charge is 2.11. The minimum absolute atomic E-state index is 0.203. The van der Waals surface area contributed by atoms with Gasteiger partial charge in [-0.05, 0) is 53.0 Å². The number of nitrogens with one attached hydrogen (secondary N) is 1. The maximum absolute atomic E-state index is 12.2. The molecular formula is C14H14BrN3O. The molecule has 3 N–H and O–H groups in total. The molecule has 1 amide bonds. The molecule has 0 aliphatic heterocycles. The summed E-state index contributed by atoms with van der Waals surface area (Å²) in [7, 11) is 0. The average Bonchev–Trinajstić information content (AvgIpc) is 2.39. The molecule has 98 valence electrons. The zero-order valence-electron chi connectivity index (χ0n) is 10.7. The number of aromatic nitrogens is 1. The lowest BCUT2D eigenvalue weighted by Crippen LogP contribution is -2.14. The normalized spacial score (nSPS) is 10.3. The Labute approximate surface area is 120 Å². The predicted molar refractivity (Wildman–Crippen MR) is 80.2 cm³/mol. The zero-order valence-corrected chi connectivity index (χ0v) is 12.3. The smallest absolute Gasteiger partial charge is 0.257 e. The van der Waals surface area contributed by atoms with Crippen molar-refractivity contribution in [1.82, 2.24) is 4.98 Å². The highest BCUT2D eigenvalue weighted by atomic mass is 79.9. The van der Waals surface area contributed by atoms with E-state index in [-0.39, 0.29) is 5.91 Å². The molecule has 4 nitrogen and oxygen atoms in total. The van der Waals surface area contributed by atoms with E-state index < -0.39 is 0 Å². The molecule has 0 saturated heterocycles. The van der Waals surface area contributed by atoms with Crippen LogP contribution in [-0.4, -0.2) is 10.9 Å². The van der Waals surface area contributed by atoms with Gasteiger partial charge < -0.3 is 11.1 Å². The van der Waals surface area contributed by atoms with Gasteiger partial charge in [-0.25, -0.2) is 0 Å². The van der Waals surface area contributed by atoms with Crippen molar-refractivity contribution < 1.29 is 4.79 Å². The molecule has 0 fully saturated rings. The summed E-state index contributed by atoms with van der Waals surface area (Å²) in [6, 6.07) is 5.44. The van der Waals surface area contributed by atoms with Gasteiger partial charge in [0.2, 0.25) is 0 Å².